The molecule has 0 fully saturated rings. The van der Waals surface area contributed by atoms with Gasteiger partial charge in [-0.1, -0.05) is 23.7 Å². The molecule has 0 N–H and O–H groups in total. The van der Waals surface area contributed by atoms with Crippen molar-refractivity contribution in [3.63, 3.8) is 0 Å². The van der Waals surface area contributed by atoms with Crippen LogP contribution in [0.4, 0.5) is 0 Å². The van der Waals surface area contributed by atoms with E-state index in [-0.39, 0.29) is 12.1 Å². The third-order valence-corrected chi connectivity index (χ3v) is 3.84. The molecule has 0 aliphatic carbocycles. The number of fused-ring (bicyclic) bond motifs is 1. The Hall–Kier alpha value is -2.60. The first-order valence-electron chi connectivity index (χ1n) is 7.16. The SMILES string of the molecule is C=CCn1cnc2c1c(=O)n(CC)c(=O)n2-c1cccc(Cl)c1. The number of rotatable bonds is 4. The number of allylic oxidation sites excluding steroid dienone is 1. The molecule has 0 radical (unpaired) electrons. The summed E-state index contributed by atoms with van der Waals surface area (Å²) in [5, 5.41) is 0.502. The maximum Gasteiger partial charge on any atom is 0.337 e. The molecule has 0 amide bonds. The Bertz CT molecular complexity index is 1010. The van der Waals surface area contributed by atoms with E-state index in [9.17, 15) is 9.59 Å². The van der Waals surface area contributed by atoms with Crippen molar-refractivity contribution in [2.75, 3.05) is 0 Å². The van der Waals surface area contributed by atoms with Crippen molar-refractivity contribution in [2.45, 2.75) is 20.0 Å². The van der Waals surface area contributed by atoms with Crippen molar-refractivity contribution >= 4 is 22.8 Å². The molecular formula is C16H15ClN4O2. The van der Waals surface area contributed by atoms with Crippen molar-refractivity contribution in [1.82, 2.24) is 18.7 Å². The second kappa shape index (κ2) is 5.89. The highest BCUT2D eigenvalue weighted by Crippen LogP contribution is 2.17. The molecule has 0 spiro atoms. The minimum Gasteiger partial charge on any atom is -0.321 e. The number of halogens is 1. The Balaban J connectivity index is 2.49. The lowest BCUT2D eigenvalue weighted by molar-refractivity contribution is 0.655. The highest BCUT2D eigenvalue weighted by Gasteiger charge is 2.18. The van der Waals surface area contributed by atoms with Crippen LogP contribution in [0.3, 0.4) is 0 Å². The number of aromatic nitrogens is 4. The van der Waals surface area contributed by atoms with Gasteiger partial charge in [0.05, 0.1) is 12.0 Å². The summed E-state index contributed by atoms with van der Waals surface area (Å²) >= 11 is 6.04. The summed E-state index contributed by atoms with van der Waals surface area (Å²) in [5.41, 5.74) is 0.458. The van der Waals surface area contributed by atoms with Crippen LogP contribution in [0.2, 0.25) is 5.02 Å². The normalized spacial score (nSPS) is 11.0. The van der Waals surface area contributed by atoms with E-state index in [0.717, 1.165) is 0 Å². The average Bonchev–Trinajstić information content (AvgIpc) is 2.92. The van der Waals surface area contributed by atoms with Gasteiger partial charge in [-0.15, -0.1) is 6.58 Å². The number of hydrogen-bond acceptors (Lipinski definition) is 3. The van der Waals surface area contributed by atoms with Gasteiger partial charge < -0.3 is 4.57 Å². The van der Waals surface area contributed by atoms with Gasteiger partial charge in [-0.25, -0.2) is 14.3 Å². The Morgan fingerprint density at radius 2 is 2.13 bits per heavy atom. The maximum absolute atomic E-state index is 12.7. The molecule has 0 saturated heterocycles. The van der Waals surface area contributed by atoms with E-state index >= 15 is 0 Å². The largest absolute Gasteiger partial charge is 0.337 e. The first kappa shape index (κ1) is 15.3. The van der Waals surface area contributed by atoms with Crippen molar-refractivity contribution < 1.29 is 0 Å². The van der Waals surface area contributed by atoms with E-state index in [2.05, 4.69) is 11.6 Å². The van der Waals surface area contributed by atoms with Crippen LogP contribution >= 0.6 is 11.6 Å². The second-order valence-electron chi connectivity index (χ2n) is 5.01. The summed E-state index contributed by atoms with van der Waals surface area (Å²) in [4.78, 5) is 29.6. The molecule has 2 aromatic heterocycles. The summed E-state index contributed by atoms with van der Waals surface area (Å²) < 4.78 is 4.27. The number of benzene rings is 1. The van der Waals surface area contributed by atoms with Crippen LogP contribution in [0.15, 0.2) is 52.8 Å². The van der Waals surface area contributed by atoms with Crippen LogP contribution in [-0.4, -0.2) is 18.7 Å². The molecule has 1 aromatic carbocycles. The van der Waals surface area contributed by atoms with Crippen molar-refractivity contribution in [1.29, 1.82) is 0 Å². The lowest BCUT2D eigenvalue weighted by Crippen LogP contribution is -2.39. The number of nitrogens with zero attached hydrogens (tertiary/aromatic N) is 4. The lowest BCUT2D eigenvalue weighted by atomic mass is 10.3. The van der Waals surface area contributed by atoms with Crippen LogP contribution < -0.4 is 11.2 Å². The molecule has 7 heteroatoms. The van der Waals surface area contributed by atoms with Gasteiger partial charge in [0, 0.05) is 18.1 Å². The summed E-state index contributed by atoms with van der Waals surface area (Å²) in [6.07, 6.45) is 3.21. The molecule has 118 valence electrons. The molecule has 0 atom stereocenters. The molecule has 0 unspecified atom stereocenters. The minimum atomic E-state index is -0.434. The molecule has 0 aliphatic rings. The van der Waals surface area contributed by atoms with Crippen LogP contribution in [0, 0.1) is 0 Å². The van der Waals surface area contributed by atoms with Gasteiger partial charge in [0.15, 0.2) is 11.2 Å². The highest BCUT2D eigenvalue weighted by molar-refractivity contribution is 6.30. The van der Waals surface area contributed by atoms with E-state index in [1.165, 1.54) is 15.5 Å². The zero-order valence-electron chi connectivity index (χ0n) is 12.6. The predicted molar refractivity (Wildman–Crippen MR) is 90.5 cm³/mol. The first-order valence-corrected chi connectivity index (χ1v) is 7.53. The molecule has 2 heterocycles. The first-order chi connectivity index (χ1) is 11.1. The Morgan fingerprint density at radius 3 is 2.78 bits per heavy atom. The van der Waals surface area contributed by atoms with Gasteiger partial charge in [-0.3, -0.25) is 9.36 Å². The summed E-state index contributed by atoms with van der Waals surface area (Å²) in [7, 11) is 0. The van der Waals surface area contributed by atoms with Gasteiger partial charge >= 0.3 is 5.69 Å². The molecule has 3 aromatic rings. The van der Waals surface area contributed by atoms with Crippen molar-refractivity contribution in [3.8, 4) is 5.69 Å². The topological polar surface area (TPSA) is 61.8 Å². The van der Waals surface area contributed by atoms with E-state index in [1.807, 2.05) is 0 Å². The van der Waals surface area contributed by atoms with E-state index < -0.39 is 5.69 Å². The molecular weight excluding hydrogens is 316 g/mol. The average molecular weight is 331 g/mol. The summed E-state index contributed by atoms with van der Waals surface area (Å²) in [5.74, 6) is 0. The van der Waals surface area contributed by atoms with E-state index in [0.29, 0.717) is 28.4 Å². The lowest BCUT2D eigenvalue weighted by Gasteiger charge is -2.11. The summed E-state index contributed by atoms with van der Waals surface area (Å²) in [6.45, 7) is 6.14. The highest BCUT2D eigenvalue weighted by atomic mass is 35.5. The maximum atomic E-state index is 12.7. The van der Waals surface area contributed by atoms with E-state index in [1.54, 1.807) is 41.8 Å². The second-order valence-corrected chi connectivity index (χ2v) is 5.44. The van der Waals surface area contributed by atoms with Crippen LogP contribution in [0.1, 0.15) is 6.92 Å². The number of hydrogen-bond donors (Lipinski definition) is 0. The third-order valence-electron chi connectivity index (χ3n) is 3.61. The number of imidazole rings is 1. The fraction of sp³-hybridized carbons (Fsp3) is 0.188. The fourth-order valence-electron chi connectivity index (χ4n) is 2.58. The van der Waals surface area contributed by atoms with Gasteiger partial charge in [0.25, 0.3) is 5.56 Å². The molecule has 23 heavy (non-hydrogen) atoms. The van der Waals surface area contributed by atoms with Crippen molar-refractivity contribution in [3.05, 3.63) is 69.1 Å². The molecule has 0 aliphatic heterocycles. The van der Waals surface area contributed by atoms with Crippen LogP contribution in [0.5, 0.6) is 0 Å². The molecule has 0 saturated carbocycles. The van der Waals surface area contributed by atoms with Crippen LogP contribution in [-0.2, 0) is 13.1 Å². The van der Waals surface area contributed by atoms with Crippen LogP contribution in [0.25, 0.3) is 16.9 Å². The minimum absolute atomic E-state index is 0.271. The fourth-order valence-corrected chi connectivity index (χ4v) is 2.77. The van der Waals surface area contributed by atoms with Crippen molar-refractivity contribution in [2.24, 2.45) is 0 Å². The molecule has 0 bridgehead atoms. The summed E-state index contributed by atoms with van der Waals surface area (Å²) in [6, 6.07) is 6.89. The monoisotopic (exact) mass is 330 g/mol. The zero-order chi connectivity index (χ0) is 16.6. The Labute approximate surface area is 136 Å². The smallest absolute Gasteiger partial charge is 0.321 e. The zero-order valence-corrected chi connectivity index (χ0v) is 13.3. The quantitative estimate of drug-likeness (QED) is 0.689. The van der Waals surface area contributed by atoms with Gasteiger partial charge in [-0.05, 0) is 25.1 Å². The third kappa shape index (κ3) is 2.41. The Kier molecular flexibility index (Phi) is 3.92. The molecule has 6 nitrogen and oxygen atoms in total. The van der Waals surface area contributed by atoms with Gasteiger partial charge in [0.2, 0.25) is 0 Å². The molecule has 3 rings (SSSR count). The predicted octanol–water partition coefficient (Wildman–Crippen LogP) is 2.21. The van der Waals surface area contributed by atoms with Gasteiger partial charge in [0.1, 0.15) is 0 Å². The Morgan fingerprint density at radius 1 is 1.35 bits per heavy atom. The van der Waals surface area contributed by atoms with E-state index in [4.69, 9.17) is 11.6 Å². The van der Waals surface area contributed by atoms with Gasteiger partial charge in [-0.2, -0.15) is 0 Å². The standard InChI is InChI=1S/C16H15ClN4O2/c1-3-8-19-10-18-14-13(19)15(22)20(4-2)16(23)21(14)12-7-5-6-11(17)9-12/h3,5-7,9-10H,1,4,8H2,2H3.